The van der Waals surface area contributed by atoms with E-state index in [-0.39, 0.29) is 17.2 Å². The molecule has 0 aliphatic heterocycles. The first-order chi connectivity index (χ1) is 13.5. The highest BCUT2D eigenvalue weighted by Gasteiger charge is 2.20. The first-order valence-corrected chi connectivity index (χ1v) is 8.67. The van der Waals surface area contributed by atoms with Crippen molar-refractivity contribution in [2.45, 2.75) is 13.0 Å². The van der Waals surface area contributed by atoms with E-state index in [9.17, 15) is 18.4 Å². The number of carbonyl (C=O) groups is 2. The van der Waals surface area contributed by atoms with Crippen LogP contribution < -0.4 is 10.6 Å². The van der Waals surface area contributed by atoms with Crippen molar-refractivity contribution in [1.82, 2.24) is 5.32 Å². The number of carbonyl (C=O) groups excluding carboxylic acids is 2. The van der Waals surface area contributed by atoms with Crippen LogP contribution in [0, 0.1) is 11.6 Å². The molecule has 0 aliphatic carbocycles. The summed E-state index contributed by atoms with van der Waals surface area (Å²) >= 11 is 0. The molecule has 0 heterocycles. The second-order valence-electron chi connectivity index (χ2n) is 6.23. The number of halogens is 2. The van der Waals surface area contributed by atoms with Gasteiger partial charge in [-0.25, -0.2) is 8.78 Å². The molecule has 0 bridgehead atoms. The van der Waals surface area contributed by atoms with E-state index in [0.29, 0.717) is 5.69 Å². The number of hydrogen-bond acceptors (Lipinski definition) is 2. The highest BCUT2D eigenvalue weighted by molar-refractivity contribution is 6.06. The molecule has 3 aromatic rings. The molecule has 0 spiro atoms. The topological polar surface area (TPSA) is 58.2 Å². The number of amides is 2. The fourth-order valence-corrected chi connectivity index (χ4v) is 2.71. The van der Waals surface area contributed by atoms with E-state index >= 15 is 0 Å². The monoisotopic (exact) mass is 380 g/mol. The van der Waals surface area contributed by atoms with Crippen LogP contribution in [0.4, 0.5) is 14.5 Å². The molecule has 2 amide bonds. The third-order valence-corrected chi connectivity index (χ3v) is 4.24. The summed E-state index contributed by atoms with van der Waals surface area (Å²) in [6, 6.07) is 18.1. The van der Waals surface area contributed by atoms with Crippen LogP contribution in [0.1, 0.15) is 39.2 Å². The van der Waals surface area contributed by atoms with E-state index in [2.05, 4.69) is 10.6 Å². The first-order valence-electron chi connectivity index (χ1n) is 8.67. The van der Waals surface area contributed by atoms with Crippen LogP contribution in [0.2, 0.25) is 0 Å². The SMILES string of the molecule is C[C@@H](NC(=O)c1cccc(C(=O)Nc2ccc(F)cc2)c1F)c1ccccc1. The van der Waals surface area contributed by atoms with Crippen molar-refractivity contribution in [2.24, 2.45) is 0 Å². The van der Waals surface area contributed by atoms with Gasteiger partial charge in [0.05, 0.1) is 17.2 Å². The minimum atomic E-state index is -0.917. The Morgan fingerprint density at radius 3 is 2.04 bits per heavy atom. The zero-order valence-corrected chi connectivity index (χ0v) is 15.1. The minimum Gasteiger partial charge on any atom is -0.345 e. The van der Waals surface area contributed by atoms with Crippen LogP contribution in [-0.2, 0) is 0 Å². The molecule has 1 atom stereocenters. The molecular formula is C22H18F2N2O2. The van der Waals surface area contributed by atoms with Gasteiger partial charge in [-0.2, -0.15) is 0 Å². The van der Waals surface area contributed by atoms with E-state index in [1.54, 1.807) is 6.92 Å². The quantitative estimate of drug-likeness (QED) is 0.674. The molecule has 3 aromatic carbocycles. The maximum absolute atomic E-state index is 14.8. The Balaban J connectivity index is 1.77. The lowest BCUT2D eigenvalue weighted by Crippen LogP contribution is -2.28. The van der Waals surface area contributed by atoms with Crippen molar-refractivity contribution < 1.29 is 18.4 Å². The van der Waals surface area contributed by atoms with Gasteiger partial charge in [0, 0.05) is 5.69 Å². The lowest BCUT2D eigenvalue weighted by atomic mass is 10.1. The number of anilines is 1. The van der Waals surface area contributed by atoms with Crippen LogP contribution in [0.3, 0.4) is 0 Å². The highest BCUT2D eigenvalue weighted by Crippen LogP contribution is 2.18. The van der Waals surface area contributed by atoms with Gasteiger partial charge in [0.1, 0.15) is 11.6 Å². The van der Waals surface area contributed by atoms with Crippen LogP contribution in [-0.4, -0.2) is 11.8 Å². The van der Waals surface area contributed by atoms with Crippen molar-refractivity contribution in [1.29, 1.82) is 0 Å². The lowest BCUT2D eigenvalue weighted by molar-refractivity contribution is 0.0935. The minimum absolute atomic E-state index is 0.227. The van der Waals surface area contributed by atoms with E-state index in [0.717, 1.165) is 5.56 Å². The van der Waals surface area contributed by atoms with E-state index in [1.807, 2.05) is 30.3 Å². The highest BCUT2D eigenvalue weighted by atomic mass is 19.1. The maximum atomic E-state index is 14.8. The van der Waals surface area contributed by atoms with Crippen molar-refractivity contribution >= 4 is 17.5 Å². The predicted octanol–water partition coefficient (Wildman–Crippen LogP) is 4.71. The largest absolute Gasteiger partial charge is 0.345 e. The summed E-state index contributed by atoms with van der Waals surface area (Å²) in [7, 11) is 0. The van der Waals surface area contributed by atoms with Gasteiger partial charge in [0.2, 0.25) is 0 Å². The van der Waals surface area contributed by atoms with Crippen LogP contribution in [0.5, 0.6) is 0 Å². The van der Waals surface area contributed by atoms with Gasteiger partial charge in [0.25, 0.3) is 11.8 Å². The Morgan fingerprint density at radius 1 is 0.786 bits per heavy atom. The van der Waals surface area contributed by atoms with Crippen molar-refractivity contribution in [3.05, 3.63) is 101 Å². The van der Waals surface area contributed by atoms with Crippen molar-refractivity contribution in [3.63, 3.8) is 0 Å². The molecule has 6 heteroatoms. The molecule has 0 saturated carbocycles. The molecule has 0 fully saturated rings. The lowest BCUT2D eigenvalue weighted by Gasteiger charge is -2.15. The molecule has 3 rings (SSSR count). The van der Waals surface area contributed by atoms with Crippen LogP contribution in [0.15, 0.2) is 72.8 Å². The van der Waals surface area contributed by atoms with E-state index in [4.69, 9.17) is 0 Å². The van der Waals surface area contributed by atoms with E-state index < -0.39 is 23.4 Å². The summed E-state index contributed by atoms with van der Waals surface area (Å²) in [5.41, 5.74) is 0.693. The summed E-state index contributed by atoms with van der Waals surface area (Å²) in [4.78, 5) is 24.9. The molecule has 142 valence electrons. The van der Waals surface area contributed by atoms with Crippen molar-refractivity contribution in [2.75, 3.05) is 5.32 Å². The molecule has 0 saturated heterocycles. The Kier molecular flexibility index (Phi) is 5.79. The van der Waals surface area contributed by atoms with Crippen molar-refractivity contribution in [3.8, 4) is 0 Å². The van der Waals surface area contributed by atoms with Crippen LogP contribution in [0.25, 0.3) is 0 Å². The van der Waals surface area contributed by atoms with Gasteiger partial charge < -0.3 is 10.6 Å². The second-order valence-corrected chi connectivity index (χ2v) is 6.23. The smallest absolute Gasteiger partial charge is 0.258 e. The molecule has 0 aliphatic rings. The first kappa shape index (κ1) is 19.2. The molecular weight excluding hydrogens is 362 g/mol. The third kappa shape index (κ3) is 4.40. The predicted molar refractivity (Wildman–Crippen MR) is 103 cm³/mol. The Morgan fingerprint density at radius 2 is 1.39 bits per heavy atom. The standard InChI is InChI=1S/C22H18F2N2O2/c1-14(15-6-3-2-4-7-15)25-21(27)18-8-5-9-19(20(18)24)22(28)26-17-12-10-16(23)11-13-17/h2-14H,1H3,(H,25,27)(H,26,28)/t14-/m1/s1. The average molecular weight is 380 g/mol. The van der Waals surface area contributed by atoms with Gasteiger partial charge in [-0.1, -0.05) is 36.4 Å². The normalized spacial score (nSPS) is 11.5. The summed E-state index contributed by atoms with van der Waals surface area (Å²) in [5.74, 6) is -2.71. The summed E-state index contributed by atoms with van der Waals surface area (Å²) in [6.45, 7) is 1.79. The maximum Gasteiger partial charge on any atom is 0.258 e. The molecule has 2 N–H and O–H groups in total. The summed E-state index contributed by atoms with van der Waals surface area (Å²) in [5, 5.41) is 5.20. The fraction of sp³-hybridized carbons (Fsp3) is 0.0909. The number of benzene rings is 3. The molecule has 0 radical (unpaired) electrons. The number of nitrogens with one attached hydrogen (secondary N) is 2. The summed E-state index contributed by atoms with van der Waals surface area (Å²) in [6.07, 6.45) is 0. The van der Waals surface area contributed by atoms with Gasteiger partial charge in [0.15, 0.2) is 0 Å². The Labute approximate surface area is 161 Å². The third-order valence-electron chi connectivity index (χ3n) is 4.24. The zero-order chi connectivity index (χ0) is 20.1. The van der Waals surface area contributed by atoms with E-state index in [1.165, 1.54) is 42.5 Å². The van der Waals surface area contributed by atoms with Crippen LogP contribution >= 0.6 is 0 Å². The van der Waals surface area contributed by atoms with Gasteiger partial charge in [-0.3, -0.25) is 9.59 Å². The summed E-state index contributed by atoms with van der Waals surface area (Å²) < 4.78 is 27.8. The number of rotatable bonds is 5. The van der Waals surface area contributed by atoms with Gasteiger partial charge in [-0.05, 0) is 48.9 Å². The molecule has 4 nitrogen and oxygen atoms in total. The zero-order valence-electron chi connectivity index (χ0n) is 15.1. The Hall–Kier alpha value is -3.54. The molecule has 28 heavy (non-hydrogen) atoms. The Bertz CT molecular complexity index is 989. The molecule has 0 unspecified atom stereocenters. The van der Waals surface area contributed by atoms with Gasteiger partial charge >= 0.3 is 0 Å². The van der Waals surface area contributed by atoms with Gasteiger partial charge in [-0.15, -0.1) is 0 Å². The average Bonchev–Trinajstić information content (AvgIpc) is 2.70. The number of hydrogen-bond donors (Lipinski definition) is 2. The molecule has 0 aromatic heterocycles. The fourth-order valence-electron chi connectivity index (χ4n) is 2.71. The second kappa shape index (κ2) is 8.43.